The van der Waals surface area contributed by atoms with E-state index >= 15 is 0 Å². The zero-order valence-electron chi connectivity index (χ0n) is 9.84. The fourth-order valence-electron chi connectivity index (χ4n) is 2.34. The zero-order valence-corrected chi connectivity index (χ0v) is 9.84. The Bertz CT molecular complexity index is 336. The second kappa shape index (κ2) is 6.02. The van der Waals surface area contributed by atoms with Crippen LogP contribution in [0.2, 0.25) is 0 Å². The summed E-state index contributed by atoms with van der Waals surface area (Å²) in [7, 11) is 0. The molecule has 0 amide bonds. The lowest BCUT2D eigenvalue weighted by molar-refractivity contribution is 0.286. The first-order valence-corrected chi connectivity index (χ1v) is 6.32. The van der Waals surface area contributed by atoms with Crippen molar-refractivity contribution in [3.05, 3.63) is 34.9 Å². The van der Waals surface area contributed by atoms with E-state index in [1.807, 2.05) is 0 Å². The smallest absolute Gasteiger partial charge is 0.0443 e. The second-order valence-electron chi connectivity index (χ2n) is 4.53. The first-order valence-electron chi connectivity index (χ1n) is 6.32. The number of aryl methyl sites for hydroxylation is 2. The van der Waals surface area contributed by atoms with Crippen LogP contribution in [0.5, 0.6) is 0 Å². The topological polar surface area (TPSA) is 32.3 Å². The summed E-state index contributed by atoms with van der Waals surface area (Å²) in [5.41, 5.74) is 4.56. The minimum atomic E-state index is 0.284. The molecule has 0 unspecified atom stereocenters. The number of hydrogen-bond acceptors (Lipinski definition) is 2. The van der Waals surface area contributed by atoms with Gasteiger partial charge in [-0.15, -0.1) is 0 Å². The average Bonchev–Trinajstić information content (AvgIpc) is 2.76. The molecule has 0 saturated carbocycles. The predicted octanol–water partition coefficient (Wildman–Crippen LogP) is 1.69. The van der Waals surface area contributed by atoms with Crippen LogP contribution in [0.3, 0.4) is 0 Å². The Morgan fingerprint density at radius 3 is 2.88 bits per heavy atom. The van der Waals surface area contributed by atoms with Crippen molar-refractivity contribution in [1.82, 2.24) is 5.32 Å². The fourth-order valence-corrected chi connectivity index (χ4v) is 2.34. The Balaban J connectivity index is 1.77. The molecule has 2 nitrogen and oxygen atoms in total. The Kier molecular flexibility index (Phi) is 4.37. The molecule has 0 bridgehead atoms. The first-order chi connectivity index (χ1) is 7.90. The summed E-state index contributed by atoms with van der Waals surface area (Å²) in [6, 6.07) is 6.93. The Hall–Kier alpha value is -0.860. The van der Waals surface area contributed by atoms with Crippen LogP contribution < -0.4 is 5.32 Å². The van der Waals surface area contributed by atoms with Gasteiger partial charge >= 0.3 is 0 Å². The number of nitrogens with one attached hydrogen (secondary N) is 1. The van der Waals surface area contributed by atoms with Crippen molar-refractivity contribution < 1.29 is 5.11 Å². The molecule has 0 saturated heterocycles. The molecule has 0 fully saturated rings. The summed E-state index contributed by atoms with van der Waals surface area (Å²) in [5.74, 6) is 0. The summed E-state index contributed by atoms with van der Waals surface area (Å²) in [6.07, 6.45) is 5.81. The molecule has 0 radical (unpaired) electrons. The van der Waals surface area contributed by atoms with Gasteiger partial charge in [-0.25, -0.2) is 0 Å². The lowest BCUT2D eigenvalue weighted by Crippen LogP contribution is -2.19. The van der Waals surface area contributed by atoms with E-state index in [0.717, 1.165) is 25.9 Å². The Morgan fingerprint density at radius 2 is 2.00 bits per heavy atom. The monoisotopic (exact) mass is 219 g/mol. The van der Waals surface area contributed by atoms with E-state index < -0.39 is 0 Å². The van der Waals surface area contributed by atoms with Crippen LogP contribution in [0.4, 0.5) is 0 Å². The molecular formula is C14H21NO. The van der Waals surface area contributed by atoms with Crippen molar-refractivity contribution in [2.24, 2.45) is 0 Å². The predicted molar refractivity (Wildman–Crippen MR) is 66.7 cm³/mol. The Labute approximate surface area is 97.7 Å². The molecule has 0 spiro atoms. The van der Waals surface area contributed by atoms with Gasteiger partial charge < -0.3 is 10.4 Å². The molecule has 0 aliphatic heterocycles. The molecule has 2 heteroatoms. The normalized spacial score (nSPS) is 14.1. The first kappa shape index (κ1) is 11.6. The lowest BCUT2D eigenvalue weighted by Gasteiger charge is -2.06. The van der Waals surface area contributed by atoms with Crippen molar-refractivity contribution in [2.45, 2.75) is 32.1 Å². The highest BCUT2D eigenvalue weighted by molar-refractivity contribution is 5.35. The largest absolute Gasteiger partial charge is 0.396 e. The van der Waals surface area contributed by atoms with Gasteiger partial charge in [0, 0.05) is 6.61 Å². The van der Waals surface area contributed by atoms with Crippen molar-refractivity contribution in [2.75, 3.05) is 19.7 Å². The number of benzene rings is 1. The molecular weight excluding hydrogens is 198 g/mol. The molecule has 1 aliphatic carbocycles. The quantitative estimate of drug-likeness (QED) is 0.714. The highest BCUT2D eigenvalue weighted by atomic mass is 16.3. The Morgan fingerprint density at radius 1 is 1.12 bits per heavy atom. The summed E-state index contributed by atoms with van der Waals surface area (Å²) >= 11 is 0. The molecule has 1 aromatic rings. The number of rotatable bonds is 6. The van der Waals surface area contributed by atoms with Crippen LogP contribution >= 0.6 is 0 Å². The van der Waals surface area contributed by atoms with Crippen LogP contribution in [0.25, 0.3) is 0 Å². The second-order valence-corrected chi connectivity index (χ2v) is 4.53. The highest BCUT2D eigenvalue weighted by Gasteiger charge is 2.10. The van der Waals surface area contributed by atoms with E-state index in [-0.39, 0.29) is 6.61 Å². The zero-order chi connectivity index (χ0) is 11.2. The molecule has 0 atom stereocenters. The van der Waals surface area contributed by atoms with Gasteiger partial charge in [-0.1, -0.05) is 18.2 Å². The molecule has 16 heavy (non-hydrogen) atoms. The fraction of sp³-hybridized carbons (Fsp3) is 0.571. The van der Waals surface area contributed by atoms with E-state index in [4.69, 9.17) is 5.11 Å². The molecule has 0 heterocycles. The molecule has 1 aliphatic rings. The molecule has 2 N–H and O–H groups in total. The number of fused-ring (bicyclic) bond motifs is 1. The summed E-state index contributed by atoms with van der Waals surface area (Å²) in [4.78, 5) is 0. The minimum Gasteiger partial charge on any atom is -0.396 e. The number of hydrogen-bond donors (Lipinski definition) is 2. The maximum Gasteiger partial charge on any atom is 0.0443 e. The van der Waals surface area contributed by atoms with Crippen LogP contribution in [0, 0.1) is 0 Å². The SMILES string of the molecule is OCCCNCCc1ccc2c(c1)CCC2. The van der Waals surface area contributed by atoms with Gasteiger partial charge in [-0.3, -0.25) is 0 Å². The van der Waals surface area contributed by atoms with Gasteiger partial charge in [-0.05, 0) is 61.9 Å². The van der Waals surface area contributed by atoms with Gasteiger partial charge in [0.25, 0.3) is 0 Å². The highest BCUT2D eigenvalue weighted by Crippen LogP contribution is 2.22. The molecule has 0 aromatic heterocycles. The van der Waals surface area contributed by atoms with E-state index in [2.05, 4.69) is 23.5 Å². The van der Waals surface area contributed by atoms with Gasteiger partial charge in [0.15, 0.2) is 0 Å². The van der Waals surface area contributed by atoms with Gasteiger partial charge in [0.05, 0.1) is 0 Å². The van der Waals surface area contributed by atoms with E-state index in [9.17, 15) is 0 Å². The third-order valence-corrected chi connectivity index (χ3v) is 3.27. The van der Waals surface area contributed by atoms with Crippen LogP contribution in [0.15, 0.2) is 18.2 Å². The van der Waals surface area contributed by atoms with Crippen molar-refractivity contribution in [1.29, 1.82) is 0 Å². The number of aliphatic hydroxyl groups is 1. The van der Waals surface area contributed by atoms with E-state index in [1.165, 1.54) is 24.8 Å². The lowest BCUT2D eigenvalue weighted by atomic mass is 10.0. The molecule has 88 valence electrons. The molecule has 2 rings (SSSR count). The van der Waals surface area contributed by atoms with Crippen molar-refractivity contribution in [3.63, 3.8) is 0 Å². The van der Waals surface area contributed by atoms with E-state index in [0.29, 0.717) is 0 Å². The standard InChI is InChI=1S/C14H21NO/c16-10-2-8-15-9-7-12-5-6-13-3-1-4-14(13)11-12/h5-6,11,15-16H,1-4,7-10H2. The van der Waals surface area contributed by atoms with Crippen LogP contribution in [0.1, 0.15) is 29.5 Å². The number of aliphatic hydroxyl groups excluding tert-OH is 1. The van der Waals surface area contributed by atoms with Crippen LogP contribution in [-0.4, -0.2) is 24.8 Å². The minimum absolute atomic E-state index is 0.284. The summed E-state index contributed by atoms with van der Waals surface area (Å²) in [5, 5.41) is 12.0. The van der Waals surface area contributed by atoms with Gasteiger partial charge in [0.2, 0.25) is 0 Å². The maximum atomic E-state index is 8.65. The molecule has 1 aromatic carbocycles. The van der Waals surface area contributed by atoms with Crippen molar-refractivity contribution >= 4 is 0 Å². The van der Waals surface area contributed by atoms with Crippen molar-refractivity contribution in [3.8, 4) is 0 Å². The van der Waals surface area contributed by atoms with E-state index in [1.54, 1.807) is 11.1 Å². The maximum absolute atomic E-state index is 8.65. The third-order valence-electron chi connectivity index (χ3n) is 3.27. The summed E-state index contributed by atoms with van der Waals surface area (Å²) in [6.45, 7) is 2.21. The third kappa shape index (κ3) is 3.06. The average molecular weight is 219 g/mol. The van der Waals surface area contributed by atoms with Gasteiger partial charge in [-0.2, -0.15) is 0 Å². The van der Waals surface area contributed by atoms with Crippen LogP contribution in [-0.2, 0) is 19.3 Å². The van der Waals surface area contributed by atoms with Gasteiger partial charge in [0.1, 0.15) is 0 Å². The summed E-state index contributed by atoms with van der Waals surface area (Å²) < 4.78 is 0.